The van der Waals surface area contributed by atoms with Crippen LogP contribution in [-0.2, 0) is 14.3 Å². The number of hydrogen-bond donors (Lipinski definition) is 1. The number of morpholine rings is 1. The summed E-state index contributed by atoms with van der Waals surface area (Å²) in [5, 5.41) is 0.584. The molecule has 0 amide bonds. The van der Waals surface area contributed by atoms with Crippen molar-refractivity contribution in [2.75, 3.05) is 31.7 Å². The molecule has 0 radical (unpaired) electrons. The second-order valence-corrected chi connectivity index (χ2v) is 5.62. The van der Waals surface area contributed by atoms with Gasteiger partial charge in [-0.2, -0.15) is 0 Å². The normalized spacial score (nSPS) is 18.4. The molecule has 1 aromatic carbocycles. The van der Waals surface area contributed by atoms with E-state index in [0.717, 1.165) is 11.3 Å². The van der Waals surface area contributed by atoms with Crippen molar-refractivity contribution in [3.8, 4) is 0 Å². The molecule has 0 aliphatic carbocycles. The van der Waals surface area contributed by atoms with Crippen LogP contribution in [0.4, 0.5) is 5.69 Å². The highest BCUT2D eigenvalue weighted by Crippen LogP contribution is 2.26. The Hall–Kier alpha value is -1.37. The third-order valence-corrected chi connectivity index (χ3v) is 3.78. The van der Waals surface area contributed by atoms with Gasteiger partial charge in [-0.15, -0.1) is 0 Å². The highest BCUT2D eigenvalue weighted by atomic mass is 35.5. The lowest BCUT2D eigenvalue weighted by Crippen LogP contribution is -2.44. The maximum atomic E-state index is 11.4. The maximum absolute atomic E-state index is 11.4. The molecule has 1 unspecified atom stereocenters. The molecule has 1 aromatic rings. The number of esters is 1. The smallest absolute Gasteiger partial charge is 0.308 e. The first-order chi connectivity index (χ1) is 10.0. The largest absolute Gasteiger partial charge is 0.469 e. The monoisotopic (exact) mass is 328 g/mol. The van der Waals surface area contributed by atoms with Crippen molar-refractivity contribution in [3.05, 3.63) is 28.8 Å². The summed E-state index contributed by atoms with van der Waals surface area (Å²) >= 11 is 11.1. The van der Waals surface area contributed by atoms with E-state index in [1.165, 1.54) is 7.11 Å². The molecule has 1 fully saturated rings. The number of thiocarbonyl (C=S) groups is 1. The Morgan fingerprint density at radius 3 is 3.05 bits per heavy atom. The molecule has 1 aliphatic rings. The molecular formula is C14H17ClN2O3S. The Bertz CT molecular complexity index is 553. The van der Waals surface area contributed by atoms with Gasteiger partial charge in [0.2, 0.25) is 0 Å². The fourth-order valence-electron chi connectivity index (χ4n) is 2.31. The molecule has 2 rings (SSSR count). The maximum Gasteiger partial charge on any atom is 0.308 e. The fourth-order valence-corrected chi connectivity index (χ4v) is 2.65. The molecule has 5 nitrogen and oxygen atoms in total. The minimum absolute atomic E-state index is 0.207. The summed E-state index contributed by atoms with van der Waals surface area (Å²) in [6, 6.07) is 5.44. The van der Waals surface area contributed by atoms with Gasteiger partial charge in [0.1, 0.15) is 4.99 Å². The van der Waals surface area contributed by atoms with E-state index in [4.69, 9.17) is 34.3 Å². The van der Waals surface area contributed by atoms with Crippen molar-refractivity contribution >= 4 is 40.5 Å². The number of nitrogens with zero attached hydrogens (tertiary/aromatic N) is 1. The Labute approximate surface area is 133 Å². The molecule has 21 heavy (non-hydrogen) atoms. The molecule has 1 saturated heterocycles. The minimum Gasteiger partial charge on any atom is -0.469 e. The third kappa shape index (κ3) is 4.06. The summed E-state index contributed by atoms with van der Waals surface area (Å²) in [5.74, 6) is -0.285. The van der Waals surface area contributed by atoms with E-state index < -0.39 is 0 Å². The highest BCUT2D eigenvalue weighted by molar-refractivity contribution is 7.80. The number of methoxy groups -OCH3 is 1. The number of carbonyl (C=O) groups is 1. The zero-order valence-corrected chi connectivity index (χ0v) is 13.2. The lowest BCUT2D eigenvalue weighted by atomic mass is 10.1. The summed E-state index contributed by atoms with van der Waals surface area (Å²) in [7, 11) is 1.37. The first-order valence-electron chi connectivity index (χ1n) is 6.54. The van der Waals surface area contributed by atoms with Crippen molar-refractivity contribution in [3.63, 3.8) is 0 Å². The second-order valence-electron chi connectivity index (χ2n) is 4.74. The van der Waals surface area contributed by atoms with Crippen molar-refractivity contribution < 1.29 is 14.3 Å². The quantitative estimate of drug-likeness (QED) is 0.671. The molecule has 1 heterocycles. The van der Waals surface area contributed by atoms with E-state index in [1.807, 2.05) is 6.07 Å². The van der Waals surface area contributed by atoms with Gasteiger partial charge in [0.05, 0.1) is 26.2 Å². The average Bonchev–Trinajstić information content (AvgIpc) is 2.47. The van der Waals surface area contributed by atoms with Crippen molar-refractivity contribution in [2.45, 2.75) is 12.5 Å². The van der Waals surface area contributed by atoms with Crippen LogP contribution in [0.2, 0.25) is 5.02 Å². The number of rotatable bonds is 4. The fraction of sp³-hybridized carbons (Fsp3) is 0.429. The minimum atomic E-state index is -0.285. The number of nitrogens with two attached hydrogens (primary N) is 1. The summed E-state index contributed by atoms with van der Waals surface area (Å²) in [5.41, 5.74) is 7.41. The van der Waals surface area contributed by atoms with Crippen molar-refractivity contribution in [1.82, 2.24) is 0 Å². The zero-order valence-electron chi connectivity index (χ0n) is 11.7. The zero-order chi connectivity index (χ0) is 15.4. The molecule has 114 valence electrons. The number of benzene rings is 1. The molecule has 0 bridgehead atoms. The highest BCUT2D eigenvalue weighted by Gasteiger charge is 2.25. The van der Waals surface area contributed by atoms with Gasteiger partial charge in [-0.05, 0) is 18.2 Å². The number of hydrogen-bond acceptors (Lipinski definition) is 5. The van der Waals surface area contributed by atoms with Gasteiger partial charge in [-0.25, -0.2) is 0 Å². The summed E-state index contributed by atoms with van der Waals surface area (Å²) < 4.78 is 10.3. The first-order valence-corrected chi connectivity index (χ1v) is 7.32. The number of carbonyl (C=O) groups excluding carboxylic acids is 1. The van der Waals surface area contributed by atoms with Crippen molar-refractivity contribution in [1.29, 1.82) is 0 Å². The Morgan fingerprint density at radius 2 is 2.38 bits per heavy atom. The van der Waals surface area contributed by atoms with E-state index >= 15 is 0 Å². The number of ether oxygens (including phenoxy) is 2. The second kappa shape index (κ2) is 7.06. The van der Waals surface area contributed by atoms with Crippen LogP contribution in [0, 0.1) is 0 Å². The van der Waals surface area contributed by atoms with Gasteiger partial charge in [-0.1, -0.05) is 23.8 Å². The lowest BCUT2D eigenvalue weighted by Gasteiger charge is -2.35. The summed E-state index contributed by atoms with van der Waals surface area (Å²) in [4.78, 5) is 13.8. The predicted octanol–water partition coefficient (Wildman–Crippen LogP) is 1.74. The number of anilines is 1. The summed E-state index contributed by atoms with van der Waals surface area (Å²) in [6.07, 6.45) is 0.0179. The van der Waals surface area contributed by atoms with Gasteiger partial charge in [0.25, 0.3) is 0 Å². The lowest BCUT2D eigenvalue weighted by molar-refractivity contribution is -0.144. The van der Waals surface area contributed by atoms with Crippen LogP contribution in [0.3, 0.4) is 0 Å². The topological polar surface area (TPSA) is 64.8 Å². The molecule has 0 spiro atoms. The Morgan fingerprint density at radius 1 is 1.62 bits per heavy atom. The van der Waals surface area contributed by atoms with Crippen LogP contribution >= 0.6 is 23.8 Å². The van der Waals surface area contributed by atoms with Crippen LogP contribution in [0.15, 0.2) is 18.2 Å². The van der Waals surface area contributed by atoms with Gasteiger partial charge in [-0.3, -0.25) is 4.79 Å². The molecule has 2 N–H and O–H groups in total. The van der Waals surface area contributed by atoms with Gasteiger partial charge in [0, 0.05) is 29.4 Å². The van der Waals surface area contributed by atoms with Crippen LogP contribution < -0.4 is 10.6 Å². The molecule has 1 aliphatic heterocycles. The third-order valence-electron chi connectivity index (χ3n) is 3.33. The van der Waals surface area contributed by atoms with E-state index in [-0.39, 0.29) is 18.5 Å². The van der Waals surface area contributed by atoms with E-state index in [1.54, 1.807) is 12.1 Å². The van der Waals surface area contributed by atoms with Crippen LogP contribution in [0.25, 0.3) is 0 Å². The Balaban J connectivity index is 2.18. The van der Waals surface area contributed by atoms with Gasteiger partial charge < -0.3 is 20.1 Å². The van der Waals surface area contributed by atoms with Gasteiger partial charge in [0.15, 0.2) is 0 Å². The molecule has 1 atom stereocenters. The Kier molecular flexibility index (Phi) is 5.39. The average molecular weight is 329 g/mol. The molecule has 0 aromatic heterocycles. The molecular weight excluding hydrogens is 312 g/mol. The first kappa shape index (κ1) is 16.0. The standard InChI is InChI=1S/C14H17ClN2O3S/c1-19-13(18)7-10-8-17(4-5-20-10)12-3-2-9(15)6-11(12)14(16)21/h2-3,6,10H,4-5,7-8H2,1H3,(H2,16,21). The van der Waals surface area contributed by atoms with Crippen LogP contribution in [0.1, 0.15) is 12.0 Å². The van der Waals surface area contributed by atoms with Crippen LogP contribution in [0.5, 0.6) is 0 Å². The van der Waals surface area contributed by atoms with E-state index in [9.17, 15) is 4.79 Å². The number of halogens is 1. The molecule has 0 saturated carbocycles. The van der Waals surface area contributed by atoms with Crippen molar-refractivity contribution in [2.24, 2.45) is 5.73 Å². The summed E-state index contributed by atoms with van der Waals surface area (Å²) in [6.45, 7) is 1.81. The molecule has 7 heteroatoms. The van der Waals surface area contributed by atoms with Crippen LogP contribution in [-0.4, -0.2) is 43.9 Å². The predicted molar refractivity (Wildman–Crippen MR) is 85.9 cm³/mol. The van der Waals surface area contributed by atoms with E-state index in [0.29, 0.717) is 29.7 Å². The van der Waals surface area contributed by atoms with E-state index in [2.05, 4.69) is 9.64 Å². The van der Waals surface area contributed by atoms with Gasteiger partial charge >= 0.3 is 5.97 Å². The SMILES string of the molecule is COC(=O)CC1CN(c2ccc(Cl)cc2C(N)=S)CCO1.